The van der Waals surface area contributed by atoms with E-state index in [4.69, 9.17) is 33.2 Å². The third kappa shape index (κ3) is 10.4. The lowest BCUT2D eigenvalue weighted by Crippen LogP contribution is -2.60. The molecule has 0 spiro atoms. The van der Waals surface area contributed by atoms with Gasteiger partial charge in [0.25, 0.3) is 0 Å². The number of aliphatic imine (C=N–C) groups is 1. The molecular formula is C25H38N4O12. The topological polar surface area (TPSA) is 198 Å². The van der Waals surface area contributed by atoms with Gasteiger partial charge in [0.2, 0.25) is 17.6 Å². The third-order valence-corrected chi connectivity index (χ3v) is 5.16. The Kier molecular flexibility index (Phi) is 10.9. The molecule has 16 nitrogen and oxygen atoms in total. The zero-order valence-electron chi connectivity index (χ0n) is 24.5. The van der Waals surface area contributed by atoms with Crippen molar-refractivity contribution in [3.8, 4) is 0 Å². The van der Waals surface area contributed by atoms with E-state index in [0.717, 1.165) is 7.11 Å². The van der Waals surface area contributed by atoms with Crippen molar-refractivity contribution < 1.29 is 57.1 Å². The standard InChI is InChI=1S/C25H38N4O12/c1-12(30)26-16-13(27-20(28-21(32)40-24(2,3)4)29-22(33)41-25(5,6)7)10-14(19(31)36-9)38-18(16)17(35-8)15-11-37-23(34)39-15/h10,13,15-18H,11H2,1-9H3,(H,26,30)(H2,27,28,29,32,33)/t13-,15-,16+,17+,18-/m0/s1. The summed E-state index contributed by atoms with van der Waals surface area (Å²) in [7, 11) is 2.43. The van der Waals surface area contributed by atoms with Crippen LogP contribution in [0.3, 0.4) is 0 Å². The Labute approximate surface area is 237 Å². The molecule has 0 aromatic rings. The lowest BCUT2D eigenvalue weighted by molar-refractivity contribution is -0.148. The molecule has 3 N–H and O–H groups in total. The minimum Gasteiger partial charge on any atom is -0.478 e. The Balaban J connectivity index is 2.60. The number of esters is 1. The van der Waals surface area contributed by atoms with Crippen LogP contribution in [-0.2, 0) is 42.7 Å². The van der Waals surface area contributed by atoms with Crippen LogP contribution >= 0.6 is 0 Å². The number of hydrogen-bond acceptors (Lipinski definition) is 13. The summed E-state index contributed by atoms with van der Waals surface area (Å²) in [5.74, 6) is -2.17. The number of guanidine groups is 1. The molecule has 41 heavy (non-hydrogen) atoms. The van der Waals surface area contributed by atoms with Crippen LogP contribution in [0.5, 0.6) is 0 Å². The first-order valence-electron chi connectivity index (χ1n) is 12.6. The third-order valence-electron chi connectivity index (χ3n) is 5.16. The van der Waals surface area contributed by atoms with Gasteiger partial charge in [0.1, 0.15) is 23.9 Å². The van der Waals surface area contributed by atoms with Crippen molar-refractivity contribution in [2.45, 2.75) is 90.1 Å². The Bertz CT molecular complexity index is 1040. The molecule has 0 radical (unpaired) electrons. The normalized spacial score (nSPS) is 22.9. The van der Waals surface area contributed by atoms with Gasteiger partial charge < -0.3 is 38.5 Å². The van der Waals surface area contributed by atoms with E-state index in [2.05, 4.69) is 20.9 Å². The van der Waals surface area contributed by atoms with E-state index in [1.54, 1.807) is 41.5 Å². The second kappa shape index (κ2) is 13.5. The maximum absolute atomic E-state index is 12.6. The molecule has 2 aliphatic heterocycles. The van der Waals surface area contributed by atoms with E-state index in [-0.39, 0.29) is 12.4 Å². The van der Waals surface area contributed by atoms with E-state index in [9.17, 15) is 24.0 Å². The summed E-state index contributed by atoms with van der Waals surface area (Å²) < 4.78 is 36.8. The summed E-state index contributed by atoms with van der Waals surface area (Å²) >= 11 is 0. The Morgan fingerprint density at radius 3 is 1.95 bits per heavy atom. The zero-order chi connectivity index (χ0) is 31.1. The molecule has 5 atom stereocenters. The first-order chi connectivity index (χ1) is 18.9. The first kappa shape index (κ1) is 33.1. The van der Waals surface area contributed by atoms with Crippen LogP contribution in [0.1, 0.15) is 48.5 Å². The first-order valence-corrected chi connectivity index (χ1v) is 12.6. The van der Waals surface area contributed by atoms with Gasteiger partial charge in [-0.25, -0.2) is 24.2 Å². The highest BCUT2D eigenvalue weighted by Gasteiger charge is 2.48. The highest BCUT2D eigenvalue weighted by Crippen LogP contribution is 2.29. The summed E-state index contributed by atoms with van der Waals surface area (Å²) in [4.78, 5) is 66.0. The lowest BCUT2D eigenvalue weighted by atomic mass is 9.92. The van der Waals surface area contributed by atoms with Crippen molar-refractivity contribution in [2.75, 3.05) is 20.8 Å². The molecule has 2 rings (SSSR count). The summed E-state index contributed by atoms with van der Waals surface area (Å²) in [6, 6.07) is -2.29. The van der Waals surface area contributed by atoms with Gasteiger partial charge >= 0.3 is 24.3 Å². The number of ether oxygens (including phenoxy) is 7. The predicted octanol–water partition coefficient (Wildman–Crippen LogP) is 1.27. The molecule has 0 aliphatic carbocycles. The van der Waals surface area contributed by atoms with Crippen molar-refractivity contribution in [1.82, 2.24) is 16.0 Å². The average Bonchev–Trinajstić information content (AvgIpc) is 3.23. The second-order valence-electron chi connectivity index (χ2n) is 11.0. The van der Waals surface area contributed by atoms with Crippen LogP contribution in [0, 0.1) is 0 Å². The number of rotatable bonds is 6. The Morgan fingerprint density at radius 1 is 0.976 bits per heavy atom. The molecule has 1 saturated heterocycles. The van der Waals surface area contributed by atoms with E-state index in [1.807, 2.05) is 0 Å². The van der Waals surface area contributed by atoms with Crippen molar-refractivity contribution in [2.24, 2.45) is 4.99 Å². The molecule has 0 unspecified atom stereocenters. The molecule has 2 aliphatic rings. The van der Waals surface area contributed by atoms with Gasteiger partial charge in [-0.2, -0.15) is 0 Å². The summed E-state index contributed by atoms with van der Waals surface area (Å²) in [5.41, 5.74) is -1.79. The molecule has 3 amide bonds. The fourth-order valence-corrected chi connectivity index (χ4v) is 3.77. The van der Waals surface area contributed by atoms with Crippen LogP contribution in [0.4, 0.5) is 14.4 Å². The number of amides is 3. The van der Waals surface area contributed by atoms with Gasteiger partial charge in [-0.3, -0.25) is 15.4 Å². The summed E-state index contributed by atoms with van der Waals surface area (Å²) in [6.07, 6.45) is -4.91. The SMILES string of the molecule is COC(=O)C1=C[C@H](N=C(NC(=O)OC(C)(C)C)NC(=O)OC(C)(C)C)[C@@H](NC(C)=O)[C@@H]([C@H](OC)[C@@H]2COC(=O)O2)O1. The average molecular weight is 587 g/mol. The summed E-state index contributed by atoms with van der Waals surface area (Å²) in [6.45, 7) is 10.9. The van der Waals surface area contributed by atoms with Gasteiger partial charge in [-0.15, -0.1) is 0 Å². The molecular weight excluding hydrogens is 548 g/mol. The highest BCUT2D eigenvalue weighted by molar-refractivity contribution is 6.01. The quantitative estimate of drug-likeness (QED) is 0.175. The summed E-state index contributed by atoms with van der Waals surface area (Å²) in [5, 5.41) is 7.37. The number of hydrogen-bond donors (Lipinski definition) is 3. The van der Waals surface area contributed by atoms with Crippen LogP contribution in [0.2, 0.25) is 0 Å². The maximum atomic E-state index is 12.6. The van der Waals surface area contributed by atoms with Crippen molar-refractivity contribution in [1.29, 1.82) is 0 Å². The Morgan fingerprint density at radius 2 is 1.54 bits per heavy atom. The van der Waals surface area contributed by atoms with Crippen LogP contribution in [0.25, 0.3) is 0 Å². The van der Waals surface area contributed by atoms with Gasteiger partial charge in [0, 0.05) is 14.0 Å². The predicted molar refractivity (Wildman–Crippen MR) is 140 cm³/mol. The van der Waals surface area contributed by atoms with Crippen LogP contribution in [0.15, 0.2) is 16.8 Å². The highest BCUT2D eigenvalue weighted by atomic mass is 16.8. The number of methoxy groups -OCH3 is 2. The smallest absolute Gasteiger partial charge is 0.478 e. The van der Waals surface area contributed by atoms with E-state index < -0.39 is 77.8 Å². The van der Waals surface area contributed by atoms with E-state index in [1.165, 1.54) is 20.1 Å². The number of alkyl carbamates (subject to hydrolysis) is 2. The number of carbonyl (C=O) groups is 5. The van der Waals surface area contributed by atoms with Crippen LogP contribution in [-0.4, -0.2) is 98.6 Å². The van der Waals surface area contributed by atoms with Crippen molar-refractivity contribution in [3.63, 3.8) is 0 Å². The minimum atomic E-state index is -1.21. The largest absolute Gasteiger partial charge is 0.508 e. The van der Waals surface area contributed by atoms with Gasteiger partial charge in [-0.05, 0) is 47.6 Å². The molecule has 2 heterocycles. The molecule has 0 aromatic carbocycles. The molecule has 16 heteroatoms. The van der Waals surface area contributed by atoms with Gasteiger partial charge in [0.15, 0.2) is 12.2 Å². The lowest BCUT2D eigenvalue weighted by Gasteiger charge is -2.39. The number of nitrogens with one attached hydrogen (secondary N) is 3. The van der Waals surface area contributed by atoms with Crippen LogP contribution < -0.4 is 16.0 Å². The number of carbonyl (C=O) groups excluding carboxylic acids is 5. The fourth-order valence-electron chi connectivity index (χ4n) is 3.77. The van der Waals surface area contributed by atoms with E-state index >= 15 is 0 Å². The van der Waals surface area contributed by atoms with Gasteiger partial charge in [0.05, 0.1) is 19.2 Å². The maximum Gasteiger partial charge on any atom is 0.508 e. The zero-order valence-corrected chi connectivity index (χ0v) is 24.5. The van der Waals surface area contributed by atoms with E-state index in [0.29, 0.717) is 0 Å². The molecule has 0 saturated carbocycles. The molecule has 0 aromatic heterocycles. The monoisotopic (exact) mass is 586 g/mol. The fraction of sp³-hybridized carbons (Fsp3) is 0.680. The molecule has 0 bridgehead atoms. The molecule has 1 fully saturated rings. The van der Waals surface area contributed by atoms with Crippen molar-refractivity contribution in [3.05, 3.63) is 11.8 Å². The Hall–Kier alpha value is -4.08. The van der Waals surface area contributed by atoms with Crippen molar-refractivity contribution >= 4 is 36.2 Å². The number of nitrogens with zero attached hydrogens (tertiary/aromatic N) is 1. The molecule has 230 valence electrons. The number of cyclic esters (lactones) is 2. The second-order valence-corrected chi connectivity index (χ2v) is 11.0. The minimum absolute atomic E-state index is 0.194. The van der Waals surface area contributed by atoms with Gasteiger partial charge in [-0.1, -0.05) is 0 Å².